The number of hydrogen-bond donors (Lipinski definition) is 1. The molecule has 0 fully saturated rings. The number of aromatic nitrogens is 1. The van der Waals surface area contributed by atoms with Gasteiger partial charge in [0.25, 0.3) is 6.43 Å². The molecule has 1 aromatic rings. The summed E-state index contributed by atoms with van der Waals surface area (Å²) in [4.78, 5) is 13.9. The van der Waals surface area contributed by atoms with Crippen LogP contribution in [0.4, 0.5) is 8.78 Å². The summed E-state index contributed by atoms with van der Waals surface area (Å²) in [6.07, 6.45) is -1.90. The molecule has 0 spiro atoms. The average molecular weight is 201 g/mol. The van der Waals surface area contributed by atoms with Crippen LogP contribution in [0.25, 0.3) is 0 Å². The van der Waals surface area contributed by atoms with Crippen LogP contribution in [0.2, 0.25) is 0 Å². The maximum Gasteiger partial charge on any atom is 0.307 e. The highest BCUT2D eigenvalue weighted by Crippen LogP contribution is 2.23. The Morgan fingerprint density at radius 1 is 1.64 bits per heavy atom. The van der Waals surface area contributed by atoms with Crippen LogP contribution < -0.4 is 0 Å². The molecule has 0 aliphatic heterocycles. The minimum atomic E-state index is -2.73. The first kappa shape index (κ1) is 10.6. The molecule has 1 N–H and O–H groups in total. The molecule has 14 heavy (non-hydrogen) atoms. The van der Waals surface area contributed by atoms with E-state index in [1.165, 1.54) is 12.3 Å². The first-order valence-corrected chi connectivity index (χ1v) is 3.96. The Hall–Kier alpha value is -1.52. The van der Waals surface area contributed by atoms with E-state index in [2.05, 4.69) is 4.98 Å². The molecule has 3 nitrogen and oxygen atoms in total. The summed E-state index contributed by atoms with van der Waals surface area (Å²) in [6, 6.07) is 1.52. The van der Waals surface area contributed by atoms with Gasteiger partial charge in [-0.15, -0.1) is 0 Å². The molecular weight excluding hydrogens is 192 g/mol. The standard InChI is InChI=1S/C9H9F2NO2/c1-5-2-3-12-8(9(10)11)6(5)4-7(13)14/h2-3,9H,4H2,1H3,(H,13,14). The van der Waals surface area contributed by atoms with Gasteiger partial charge in [-0.25, -0.2) is 8.78 Å². The van der Waals surface area contributed by atoms with E-state index < -0.39 is 24.5 Å². The number of carboxylic acid groups (broad SMARTS) is 1. The van der Waals surface area contributed by atoms with Gasteiger partial charge in [0, 0.05) is 6.20 Å². The Balaban J connectivity index is 3.15. The highest BCUT2D eigenvalue weighted by Gasteiger charge is 2.17. The van der Waals surface area contributed by atoms with Crippen molar-refractivity contribution in [2.24, 2.45) is 0 Å². The number of carbonyl (C=O) groups is 1. The third-order valence-electron chi connectivity index (χ3n) is 1.86. The Labute approximate surface area is 79.4 Å². The van der Waals surface area contributed by atoms with E-state index in [1.807, 2.05) is 0 Å². The highest BCUT2D eigenvalue weighted by molar-refractivity contribution is 5.71. The largest absolute Gasteiger partial charge is 0.481 e. The molecule has 0 saturated carbocycles. The molecule has 0 aromatic carbocycles. The van der Waals surface area contributed by atoms with E-state index in [-0.39, 0.29) is 5.56 Å². The van der Waals surface area contributed by atoms with Gasteiger partial charge in [0.15, 0.2) is 0 Å². The Morgan fingerprint density at radius 3 is 2.79 bits per heavy atom. The molecule has 0 saturated heterocycles. The molecule has 0 atom stereocenters. The summed E-state index contributed by atoms with van der Waals surface area (Å²) in [6.45, 7) is 1.59. The molecular formula is C9H9F2NO2. The molecule has 0 radical (unpaired) electrons. The number of nitrogens with zero attached hydrogens (tertiary/aromatic N) is 1. The van der Waals surface area contributed by atoms with Crippen LogP contribution in [0.1, 0.15) is 23.2 Å². The lowest BCUT2D eigenvalue weighted by Crippen LogP contribution is -2.07. The summed E-state index contributed by atoms with van der Waals surface area (Å²) in [5.41, 5.74) is 0.195. The van der Waals surface area contributed by atoms with Crippen molar-refractivity contribution in [1.82, 2.24) is 4.98 Å². The number of halogens is 2. The fourth-order valence-corrected chi connectivity index (χ4v) is 1.18. The summed E-state index contributed by atoms with van der Waals surface area (Å²) in [7, 11) is 0. The predicted octanol–water partition coefficient (Wildman–Crippen LogP) is 1.95. The first-order valence-electron chi connectivity index (χ1n) is 3.96. The molecule has 0 aliphatic carbocycles. The zero-order valence-electron chi connectivity index (χ0n) is 7.50. The molecule has 1 rings (SSSR count). The molecule has 76 valence electrons. The second-order valence-corrected chi connectivity index (χ2v) is 2.86. The topological polar surface area (TPSA) is 50.2 Å². The summed E-state index contributed by atoms with van der Waals surface area (Å²) < 4.78 is 24.8. The molecule has 1 aromatic heterocycles. The fourth-order valence-electron chi connectivity index (χ4n) is 1.18. The van der Waals surface area contributed by atoms with Crippen molar-refractivity contribution >= 4 is 5.97 Å². The van der Waals surface area contributed by atoms with Gasteiger partial charge < -0.3 is 5.11 Å². The third kappa shape index (κ3) is 2.25. The molecule has 1 heterocycles. The second kappa shape index (κ2) is 4.13. The van der Waals surface area contributed by atoms with Crippen LogP contribution in [0.3, 0.4) is 0 Å². The van der Waals surface area contributed by atoms with E-state index in [9.17, 15) is 13.6 Å². The SMILES string of the molecule is Cc1ccnc(C(F)F)c1CC(=O)O. The average Bonchev–Trinajstić information content (AvgIpc) is 2.07. The maximum absolute atomic E-state index is 12.4. The van der Waals surface area contributed by atoms with Gasteiger partial charge in [-0.2, -0.15) is 0 Å². The quantitative estimate of drug-likeness (QED) is 0.813. The van der Waals surface area contributed by atoms with Gasteiger partial charge in [0.2, 0.25) is 0 Å². The van der Waals surface area contributed by atoms with E-state index in [1.54, 1.807) is 6.92 Å². The van der Waals surface area contributed by atoms with Crippen molar-refractivity contribution in [2.75, 3.05) is 0 Å². The summed E-state index contributed by atoms with van der Waals surface area (Å²) in [5.74, 6) is -1.14. The molecule has 5 heteroatoms. The van der Waals surface area contributed by atoms with Gasteiger partial charge in [-0.05, 0) is 24.1 Å². The van der Waals surface area contributed by atoms with Gasteiger partial charge in [-0.1, -0.05) is 0 Å². The Kier molecular flexibility index (Phi) is 3.11. The van der Waals surface area contributed by atoms with Crippen molar-refractivity contribution in [3.8, 4) is 0 Å². The number of hydrogen-bond acceptors (Lipinski definition) is 2. The van der Waals surface area contributed by atoms with E-state index in [0.29, 0.717) is 5.56 Å². The minimum Gasteiger partial charge on any atom is -0.481 e. The molecule has 0 unspecified atom stereocenters. The van der Waals surface area contributed by atoms with Crippen LogP contribution in [0.15, 0.2) is 12.3 Å². The number of aliphatic carboxylic acids is 1. The number of rotatable bonds is 3. The zero-order valence-corrected chi connectivity index (χ0v) is 7.50. The van der Waals surface area contributed by atoms with Crippen LogP contribution in [-0.2, 0) is 11.2 Å². The minimum absolute atomic E-state index is 0.106. The third-order valence-corrected chi connectivity index (χ3v) is 1.86. The maximum atomic E-state index is 12.4. The van der Waals surface area contributed by atoms with Gasteiger partial charge in [-0.3, -0.25) is 9.78 Å². The summed E-state index contributed by atoms with van der Waals surface area (Å²) in [5, 5.41) is 8.52. The van der Waals surface area contributed by atoms with Gasteiger partial charge in [0.1, 0.15) is 5.69 Å². The number of carboxylic acids is 1. The summed E-state index contributed by atoms with van der Waals surface area (Å²) >= 11 is 0. The van der Waals surface area contributed by atoms with Crippen LogP contribution >= 0.6 is 0 Å². The zero-order chi connectivity index (χ0) is 10.7. The molecule has 0 bridgehead atoms. The highest BCUT2D eigenvalue weighted by atomic mass is 19.3. The van der Waals surface area contributed by atoms with Crippen molar-refractivity contribution < 1.29 is 18.7 Å². The lowest BCUT2D eigenvalue weighted by molar-refractivity contribution is -0.136. The van der Waals surface area contributed by atoms with Crippen molar-refractivity contribution in [2.45, 2.75) is 19.8 Å². The smallest absolute Gasteiger partial charge is 0.307 e. The van der Waals surface area contributed by atoms with Gasteiger partial charge in [0.05, 0.1) is 6.42 Å². The lowest BCUT2D eigenvalue weighted by Gasteiger charge is -2.08. The number of alkyl halides is 2. The molecule has 0 amide bonds. The Bertz CT molecular complexity index is 353. The van der Waals surface area contributed by atoms with Crippen LogP contribution in [-0.4, -0.2) is 16.1 Å². The van der Waals surface area contributed by atoms with Crippen molar-refractivity contribution in [3.63, 3.8) is 0 Å². The predicted molar refractivity (Wildman–Crippen MR) is 45.3 cm³/mol. The Morgan fingerprint density at radius 2 is 2.29 bits per heavy atom. The van der Waals surface area contributed by atoms with Crippen molar-refractivity contribution in [1.29, 1.82) is 0 Å². The van der Waals surface area contributed by atoms with Gasteiger partial charge >= 0.3 is 5.97 Å². The number of aryl methyl sites for hydroxylation is 1. The first-order chi connectivity index (χ1) is 6.52. The lowest BCUT2D eigenvalue weighted by atomic mass is 10.0. The normalized spacial score (nSPS) is 10.6. The van der Waals surface area contributed by atoms with E-state index in [0.717, 1.165) is 0 Å². The van der Waals surface area contributed by atoms with Crippen LogP contribution in [0, 0.1) is 6.92 Å². The van der Waals surface area contributed by atoms with E-state index in [4.69, 9.17) is 5.11 Å². The van der Waals surface area contributed by atoms with E-state index >= 15 is 0 Å². The second-order valence-electron chi connectivity index (χ2n) is 2.86. The van der Waals surface area contributed by atoms with Crippen molar-refractivity contribution in [3.05, 3.63) is 29.1 Å². The van der Waals surface area contributed by atoms with Crippen LogP contribution in [0.5, 0.6) is 0 Å². The molecule has 0 aliphatic rings. The number of pyridine rings is 1. The fraction of sp³-hybridized carbons (Fsp3) is 0.333. The monoisotopic (exact) mass is 201 g/mol.